The molecule has 4 heterocycles. The lowest BCUT2D eigenvalue weighted by atomic mass is 9.83. The molecule has 6 bridgehead atoms. The molecule has 7 rings (SSSR count). The number of nitrogens with zero attached hydrogens (tertiary/aromatic N) is 2. The van der Waals surface area contributed by atoms with Gasteiger partial charge in [0.25, 0.3) is 0 Å². The average molecular weight is 853 g/mol. The maximum absolute atomic E-state index is 17.9. The summed E-state index contributed by atoms with van der Waals surface area (Å²) in [5.74, 6) is 0.822. The van der Waals surface area contributed by atoms with Crippen molar-refractivity contribution in [2.45, 2.75) is 85.5 Å². The number of rotatable bonds is 9. The lowest BCUT2D eigenvalue weighted by molar-refractivity contribution is -0.360. The van der Waals surface area contributed by atoms with Crippen LogP contribution in [0.4, 0.5) is 8.63 Å². The van der Waals surface area contributed by atoms with Gasteiger partial charge in [-0.15, -0.1) is 0 Å². The second-order valence-corrected chi connectivity index (χ2v) is 16.3. The zero-order chi connectivity index (χ0) is 43.3. The summed E-state index contributed by atoms with van der Waals surface area (Å²) in [4.78, 5) is 0. The fraction of sp³-hybridized carbons (Fsp3) is 0.460. The van der Waals surface area contributed by atoms with Crippen LogP contribution < -0.4 is 4.74 Å². The van der Waals surface area contributed by atoms with Crippen LogP contribution in [-0.4, -0.2) is 93.8 Å². The van der Waals surface area contributed by atoms with Gasteiger partial charge in [0.15, 0.2) is 11.4 Å². The second kappa shape index (κ2) is 22.3. The summed E-state index contributed by atoms with van der Waals surface area (Å²) in [6, 6.07) is 23.2. The number of fused-ring (bicyclic) bond motifs is 6. The molecule has 0 amide bonds. The molecule has 62 heavy (non-hydrogen) atoms. The summed E-state index contributed by atoms with van der Waals surface area (Å²) in [6.07, 6.45) is 10.3. The molecule has 0 N–H and O–H groups in total. The van der Waals surface area contributed by atoms with Crippen molar-refractivity contribution >= 4 is 18.3 Å². The number of hydrogen-bond acceptors (Lipinski definition) is 7. The van der Waals surface area contributed by atoms with Crippen LogP contribution >= 0.6 is 0 Å². The van der Waals surface area contributed by atoms with E-state index in [1.807, 2.05) is 72.8 Å². The van der Waals surface area contributed by atoms with E-state index in [4.69, 9.17) is 33.2 Å². The molecule has 0 radical (unpaired) electrons. The summed E-state index contributed by atoms with van der Waals surface area (Å²) < 4.78 is 79.4. The van der Waals surface area contributed by atoms with E-state index in [2.05, 4.69) is 39.8 Å². The number of halogens is 2. The largest absolute Gasteiger partial charge is 0.737 e. The predicted octanol–water partition coefficient (Wildman–Crippen LogP) is 10.1. The molecular formula is C50H63BF2N2O7. The Balaban J connectivity index is 1.29. The zero-order valence-corrected chi connectivity index (χ0v) is 37.0. The van der Waals surface area contributed by atoms with E-state index < -0.39 is 6.97 Å². The fourth-order valence-electron chi connectivity index (χ4n) is 8.67. The summed E-state index contributed by atoms with van der Waals surface area (Å²) in [5.41, 5.74) is 8.56. The minimum atomic E-state index is -4.39. The van der Waals surface area contributed by atoms with Gasteiger partial charge in [-0.05, 0) is 103 Å². The minimum absolute atomic E-state index is 0.135. The van der Waals surface area contributed by atoms with Crippen LogP contribution in [0.1, 0.15) is 91.4 Å². The average Bonchev–Trinajstić information content (AvgIpc) is 3.93. The molecule has 0 spiro atoms. The number of unbranched alkanes of at least 4 members (excludes halogenated alkanes) is 2. The highest BCUT2D eigenvalue weighted by Gasteiger charge is 2.55. The van der Waals surface area contributed by atoms with E-state index in [-0.39, 0.29) is 6.10 Å². The summed E-state index contributed by atoms with van der Waals surface area (Å²) in [7, 11) is 0. The van der Waals surface area contributed by atoms with Gasteiger partial charge in [-0.1, -0.05) is 69.9 Å². The van der Waals surface area contributed by atoms with Crippen LogP contribution in [0.3, 0.4) is 0 Å². The first-order valence-electron chi connectivity index (χ1n) is 22.6. The third kappa shape index (κ3) is 11.0. The molecule has 3 aliphatic heterocycles. The van der Waals surface area contributed by atoms with Crippen molar-refractivity contribution in [1.82, 2.24) is 4.48 Å². The van der Waals surface area contributed by atoms with Gasteiger partial charge in [0.2, 0.25) is 0 Å². The van der Waals surface area contributed by atoms with Gasteiger partial charge in [-0.25, -0.2) is 0 Å². The summed E-state index contributed by atoms with van der Waals surface area (Å²) >= 11 is 0. The molecule has 0 aliphatic carbocycles. The van der Waals surface area contributed by atoms with Gasteiger partial charge in [-0.3, -0.25) is 0 Å². The van der Waals surface area contributed by atoms with E-state index in [9.17, 15) is 0 Å². The van der Waals surface area contributed by atoms with Crippen LogP contribution in [-0.2, 0) is 41.6 Å². The molecule has 0 unspecified atom stereocenters. The van der Waals surface area contributed by atoms with Crippen molar-refractivity contribution in [2.24, 2.45) is 0 Å². The van der Waals surface area contributed by atoms with Crippen LogP contribution in [0.2, 0.25) is 0 Å². The first kappa shape index (κ1) is 45.6. The normalized spacial score (nSPS) is 18.1. The topological polar surface area (TPSA) is 72.6 Å². The van der Waals surface area contributed by atoms with Gasteiger partial charge < -0.3 is 50.8 Å². The van der Waals surface area contributed by atoms with Gasteiger partial charge in [0.05, 0.1) is 91.0 Å². The van der Waals surface area contributed by atoms with Crippen molar-refractivity contribution < 1.29 is 46.3 Å². The molecule has 0 saturated carbocycles. The molecule has 3 aliphatic rings. The number of hydrogen-bond donors (Lipinski definition) is 0. The van der Waals surface area contributed by atoms with Crippen molar-refractivity contribution in [3.8, 4) is 17.0 Å². The highest BCUT2D eigenvalue weighted by Crippen LogP contribution is 2.45. The summed E-state index contributed by atoms with van der Waals surface area (Å²) in [6.45, 7) is 9.15. The highest BCUT2D eigenvalue weighted by atomic mass is 19.2. The van der Waals surface area contributed by atoms with E-state index in [0.717, 1.165) is 77.7 Å². The van der Waals surface area contributed by atoms with Gasteiger partial charge in [0, 0.05) is 29.1 Å². The molecule has 4 aromatic rings. The number of aromatic nitrogens is 1. The Labute approximate surface area is 366 Å². The molecule has 1 aromatic heterocycles. The maximum Gasteiger partial charge on any atom is 0.737 e. The third-order valence-electron chi connectivity index (χ3n) is 11.6. The van der Waals surface area contributed by atoms with Crippen molar-refractivity contribution in [1.29, 1.82) is 0 Å². The molecule has 332 valence electrons. The van der Waals surface area contributed by atoms with E-state index in [0.29, 0.717) is 113 Å². The van der Waals surface area contributed by atoms with E-state index in [1.165, 1.54) is 8.96 Å². The first-order valence-corrected chi connectivity index (χ1v) is 22.6. The van der Waals surface area contributed by atoms with Crippen LogP contribution in [0, 0.1) is 13.8 Å². The van der Waals surface area contributed by atoms with Gasteiger partial charge in [-0.2, -0.15) is 0 Å². The zero-order valence-electron chi connectivity index (χ0n) is 37.0. The second-order valence-electron chi connectivity index (χ2n) is 16.3. The first-order chi connectivity index (χ1) is 30.3. The van der Waals surface area contributed by atoms with Gasteiger partial charge >= 0.3 is 6.97 Å². The highest BCUT2D eigenvalue weighted by molar-refractivity contribution is 6.59. The maximum atomic E-state index is 17.9. The Hall–Kier alpha value is -4.43. The van der Waals surface area contributed by atoms with Crippen molar-refractivity contribution in [3.05, 3.63) is 130 Å². The molecule has 0 atom stereocenters. The van der Waals surface area contributed by atoms with E-state index in [1.54, 1.807) is 0 Å². The molecular weight excluding hydrogens is 789 g/mol. The standard InChI is InChI=1S/C50H63BF2N2O7/c1-5-7-15-43(16-8-6-2)62-44-31-37(3)49(38(4)32-44)50-47-19-17-45-41-13-9-11-39(33-41)35-60-29-27-58-25-23-56-21-22-57-24-26-59-28-30-61-36-40-12-10-14-42(34-40)46-18-20-48(50)55(46)51(52,53)54(45)47/h9-14,17-20,31-34,43H,5-8,15-16,21-30,35-36H2,1-4H3. The SMILES string of the molecule is CCCCC(CCCC)Oc1cc(C)c(C2=C3C=CC4=[N+]3[B-](F)(F)n3c2ccc3-c2cccc(c2)COCCOCCOCCOCCOCCOCc2cccc4c2)c(C)c1. The van der Waals surface area contributed by atoms with Crippen LogP contribution in [0.25, 0.3) is 16.8 Å². The number of benzene rings is 3. The third-order valence-corrected chi connectivity index (χ3v) is 11.6. The fourth-order valence-corrected chi connectivity index (χ4v) is 8.67. The summed E-state index contributed by atoms with van der Waals surface area (Å²) in [5, 5.41) is 0. The minimum Gasteiger partial charge on any atom is -0.490 e. The number of allylic oxidation sites excluding steroid dienone is 2. The quantitative estimate of drug-likeness (QED) is 0.155. The Morgan fingerprint density at radius 3 is 1.68 bits per heavy atom. The van der Waals surface area contributed by atoms with Crippen LogP contribution in [0.15, 0.2) is 90.6 Å². The van der Waals surface area contributed by atoms with Crippen molar-refractivity contribution in [2.75, 3.05) is 66.1 Å². The Kier molecular flexibility index (Phi) is 16.4. The molecule has 9 nitrogen and oxygen atoms in total. The Bertz CT molecular complexity index is 2190. The Morgan fingerprint density at radius 1 is 0.629 bits per heavy atom. The smallest absolute Gasteiger partial charge is 0.490 e. The van der Waals surface area contributed by atoms with E-state index >= 15 is 8.63 Å². The number of ether oxygens (including phenoxy) is 7. The molecule has 3 aromatic carbocycles. The van der Waals surface area contributed by atoms with Gasteiger partial charge in [0.1, 0.15) is 5.75 Å². The monoisotopic (exact) mass is 852 g/mol. The predicted molar refractivity (Wildman–Crippen MR) is 241 cm³/mol. The molecule has 0 saturated heterocycles. The molecule has 0 fully saturated rings. The van der Waals surface area contributed by atoms with Crippen LogP contribution in [0.5, 0.6) is 5.75 Å². The van der Waals surface area contributed by atoms with Crippen molar-refractivity contribution in [3.63, 3.8) is 0 Å². The Morgan fingerprint density at radius 2 is 1.13 bits per heavy atom. The number of aryl methyl sites for hydroxylation is 2. The lowest BCUT2D eigenvalue weighted by Crippen LogP contribution is -2.51. The molecule has 12 heteroatoms. The lowest BCUT2D eigenvalue weighted by Gasteiger charge is -2.34.